The summed E-state index contributed by atoms with van der Waals surface area (Å²) in [5.74, 6) is -6.70. The Balaban J connectivity index is 4.79. The SMILES string of the molecule is NC(CCC(=O)O)C(=O)NCC(=O)NC(CCC(=O)O)C(=O)NC(CO)C(=O)O. The molecule has 0 heterocycles. The van der Waals surface area contributed by atoms with E-state index in [4.69, 9.17) is 26.2 Å². The van der Waals surface area contributed by atoms with Gasteiger partial charge in [-0.15, -0.1) is 0 Å². The largest absolute Gasteiger partial charge is 0.481 e. The number of carboxylic acids is 3. The highest BCUT2D eigenvalue weighted by Crippen LogP contribution is 2.00. The summed E-state index contributed by atoms with van der Waals surface area (Å²) in [5.41, 5.74) is 5.46. The molecule has 0 aliphatic heterocycles. The van der Waals surface area contributed by atoms with Gasteiger partial charge < -0.3 is 42.1 Å². The monoisotopic (exact) mass is 420 g/mol. The second-order valence-corrected chi connectivity index (χ2v) is 5.89. The van der Waals surface area contributed by atoms with Crippen LogP contribution in [0.5, 0.6) is 0 Å². The highest BCUT2D eigenvalue weighted by molar-refractivity contribution is 5.92. The van der Waals surface area contributed by atoms with E-state index in [2.05, 4.69) is 10.6 Å². The quantitative estimate of drug-likeness (QED) is 0.135. The van der Waals surface area contributed by atoms with Crippen molar-refractivity contribution in [2.75, 3.05) is 13.2 Å². The number of nitrogens with two attached hydrogens (primary N) is 1. The van der Waals surface area contributed by atoms with Gasteiger partial charge in [-0.1, -0.05) is 0 Å². The maximum absolute atomic E-state index is 12.1. The van der Waals surface area contributed by atoms with Gasteiger partial charge in [0.2, 0.25) is 17.7 Å². The van der Waals surface area contributed by atoms with Crippen LogP contribution in [0, 0.1) is 0 Å². The highest BCUT2D eigenvalue weighted by Gasteiger charge is 2.27. The first-order valence-electron chi connectivity index (χ1n) is 8.38. The molecule has 3 unspecified atom stereocenters. The van der Waals surface area contributed by atoms with Crippen LogP contribution in [-0.4, -0.2) is 87.3 Å². The molecule has 0 saturated carbocycles. The minimum atomic E-state index is -1.65. The van der Waals surface area contributed by atoms with Crippen molar-refractivity contribution in [3.8, 4) is 0 Å². The molecule has 14 nitrogen and oxygen atoms in total. The maximum Gasteiger partial charge on any atom is 0.328 e. The van der Waals surface area contributed by atoms with Crippen LogP contribution in [0.15, 0.2) is 0 Å². The summed E-state index contributed by atoms with van der Waals surface area (Å²) in [7, 11) is 0. The third kappa shape index (κ3) is 11.2. The summed E-state index contributed by atoms with van der Waals surface area (Å²) in [4.78, 5) is 67.7. The van der Waals surface area contributed by atoms with Gasteiger partial charge in [-0.2, -0.15) is 0 Å². The van der Waals surface area contributed by atoms with E-state index in [-0.39, 0.29) is 19.3 Å². The van der Waals surface area contributed by atoms with Gasteiger partial charge in [-0.25, -0.2) is 4.79 Å². The fourth-order valence-electron chi connectivity index (χ4n) is 1.95. The van der Waals surface area contributed by atoms with E-state index >= 15 is 0 Å². The predicted octanol–water partition coefficient (Wildman–Crippen LogP) is -3.79. The lowest BCUT2D eigenvalue weighted by Gasteiger charge is -2.20. The molecule has 0 aromatic rings. The molecule has 0 saturated heterocycles. The summed E-state index contributed by atoms with van der Waals surface area (Å²) in [6.45, 7) is -1.57. The summed E-state index contributed by atoms with van der Waals surface area (Å²) in [6, 6.07) is -4.27. The molecule has 3 amide bonds. The van der Waals surface area contributed by atoms with Gasteiger partial charge in [0, 0.05) is 12.8 Å². The van der Waals surface area contributed by atoms with Crippen molar-refractivity contribution in [1.29, 1.82) is 0 Å². The predicted molar refractivity (Wildman–Crippen MR) is 93.3 cm³/mol. The molecule has 0 aromatic heterocycles. The van der Waals surface area contributed by atoms with Gasteiger partial charge in [-0.05, 0) is 12.8 Å². The summed E-state index contributed by atoms with van der Waals surface area (Å²) in [5, 5.41) is 41.2. The lowest BCUT2D eigenvalue weighted by molar-refractivity contribution is -0.144. The van der Waals surface area contributed by atoms with Gasteiger partial charge in [0.1, 0.15) is 12.1 Å². The molecular weight excluding hydrogens is 396 g/mol. The van der Waals surface area contributed by atoms with Crippen molar-refractivity contribution in [1.82, 2.24) is 16.0 Å². The van der Waals surface area contributed by atoms with E-state index in [0.29, 0.717) is 0 Å². The standard InChI is InChI=1S/C15H24N4O10/c16-7(1-3-11(22)23)13(26)17-5-10(21)18-8(2-4-12(24)25)14(27)19-9(6-20)15(28)29/h7-9,20H,1-6,16H2,(H,17,26)(H,18,21)(H,19,27)(H,22,23)(H,24,25)(H,28,29). The van der Waals surface area contributed by atoms with E-state index in [1.165, 1.54) is 0 Å². The molecule has 0 spiro atoms. The number of carbonyl (C=O) groups excluding carboxylic acids is 3. The van der Waals surface area contributed by atoms with Crippen molar-refractivity contribution in [2.45, 2.75) is 43.8 Å². The zero-order valence-corrected chi connectivity index (χ0v) is 15.3. The first-order valence-corrected chi connectivity index (χ1v) is 8.38. The van der Waals surface area contributed by atoms with Crippen LogP contribution in [0.3, 0.4) is 0 Å². The number of aliphatic hydroxyl groups is 1. The minimum Gasteiger partial charge on any atom is -0.481 e. The number of carboxylic acid groups (broad SMARTS) is 3. The van der Waals surface area contributed by atoms with Crippen molar-refractivity contribution in [3.05, 3.63) is 0 Å². The first kappa shape index (κ1) is 25.7. The number of aliphatic carboxylic acids is 3. The van der Waals surface area contributed by atoms with E-state index in [9.17, 15) is 28.8 Å². The summed E-state index contributed by atoms with van der Waals surface area (Å²) >= 11 is 0. The summed E-state index contributed by atoms with van der Waals surface area (Å²) in [6.07, 6.45) is -1.42. The average molecular weight is 420 g/mol. The Hall–Kier alpha value is -3.26. The number of nitrogens with one attached hydrogen (secondary N) is 3. The Morgan fingerprint density at radius 2 is 1.34 bits per heavy atom. The molecule has 3 atom stereocenters. The fourth-order valence-corrected chi connectivity index (χ4v) is 1.95. The van der Waals surface area contributed by atoms with Gasteiger partial charge in [0.05, 0.1) is 19.2 Å². The Morgan fingerprint density at radius 1 is 0.793 bits per heavy atom. The second-order valence-electron chi connectivity index (χ2n) is 5.89. The molecule has 0 fully saturated rings. The molecule has 164 valence electrons. The number of hydrogen-bond donors (Lipinski definition) is 8. The molecule has 0 rings (SSSR count). The Labute approximate surface area is 164 Å². The van der Waals surface area contributed by atoms with Gasteiger partial charge in [-0.3, -0.25) is 24.0 Å². The lowest BCUT2D eigenvalue weighted by atomic mass is 10.1. The number of amides is 3. The van der Waals surface area contributed by atoms with Gasteiger partial charge in [0.15, 0.2) is 0 Å². The number of hydrogen-bond acceptors (Lipinski definition) is 8. The van der Waals surface area contributed by atoms with Crippen LogP contribution in [0.25, 0.3) is 0 Å². The van der Waals surface area contributed by atoms with Crippen molar-refractivity contribution < 1.29 is 49.2 Å². The molecular formula is C15H24N4O10. The van der Waals surface area contributed by atoms with Gasteiger partial charge in [0.25, 0.3) is 0 Å². The molecule has 0 aliphatic rings. The smallest absolute Gasteiger partial charge is 0.328 e. The van der Waals surface area contributed by atoms with Crippen LogP contribution in [-0.2, 0) is 28.8 Å². The minimum absolute atomic E-state index is 0.163. The fraction of sp³-hybridized carbons (Fsp3) is 0.600. The van der Waals surface area contributed by atoms with E-state index < -0.39 is 73.3 Å². The molecule has 9 N–H and O–H groups in total. The Bertz CT molecular complexity index is 639. The number of rotatable bonds is 14. The van der Waals surface area contributed by atoms with E-state index in [0.717, 1.165) is 0 Å². The van der Waals surface area contributed by atoms with E-state index in [1.807, 2.05) is 5.32 Å². The van der Waals surface area contributed by atoms with Crippen LogP contribution in [0.1, 0.15) is 25.7 Å². The average Bonchev–Trinajstić information content (AvgIpc) is 2.64. The molecule has 0 bridgehead atoms. The van der Waals surface area contributed by atoms with Crippen LogP contribution < -0.4 is 21.7 Å². The zero-order chi connectivity index (χ0) is 22.6. The molecule has 29 heavy (non-hydrogen) atoms. The van der Waals surface area contributed by atoms with Crippen LogP contribution >= 0.6 is 0 Å². The van der Waals surface area contributed by atoms with Crippen LogP contribution in [0.4, 0.5) is 0 Å². The molecule has 0 radical (unpaired) electrons. The topological polar surface area (TPSA) is 245 Å². The molecule has 0 aliphatic carbocycles. The number of aliphatic hydroxyl groups excluding tert-OH is 1. The van der Waals surface area contributed by atoms with E-state index in [1.54, 1.807) is 0 Å². The maximum atomic E-state index is 12.1. The lowest BCUT2D eigenvalue weighted by Crippen LogP contribution is -2.54. The Kier molecular flexibility index (Phi) is 11.5. The van der Waals surface area contributed by atoms with Crippen molar-refractivity contribution >= 4 is 35.6 Å². The zero-order valence-electron chi connectivity index (χ0n) is 15.3. The van der Waals surface area contributed by atoms with Crippen molar-refractivity contribution in [3.63, 3.8) is 0 Å². The van der Waals surface area contributed by atoms with Crippen LogP contribution in [0.2, 0.25) is 0 Å². The third-order valence-electron chi connectivity index (χ3n) is 3.52. The summed E-state index contributed by atoms with van der Waals surface area (Å²) < 4.78 is 0. The van der Waals surface area contributed by atoms with Gasteiger partial charge >= 0.3 is 17.9 Å². The highest BCUT2D eigenvalue weighted by atomic mass is 16.4. The molecule has 0 aromatic carbocycles. The second kappa shape index (κ2) is 13.0. The Morgan fingerprint density at radius 3 is 1.83 bits per heavy atom. The first-order chi connectivity index (χ1) is 13.5. The van der Waals surface area contributed by atoms with Crippen molar-refractivity contribution in [2.24, 2.45) is 5.73 Å². The normalized spacial score (nSPS) is 13.4. The molecule has 14 heteroatoms. The number of carbonyl (C=O) groups is 6. The third-order valence-corrected chi connectivity index (χ3v) is 3.52.